The smallest absolute Gasteiger partial charge is 0.428 e. The molecule has 0 saturated carbocycles. The average molecular weight is 292 g/mol. The van der Waals surface area contributed by atoms with E-state index in [0.29, 0.717) is 17.6 Å². The number of hydrogen-bond acceptors (Lipinski definition) is 3. The molecule has 0 amide bonds. The number of benzene rings is 1. The maximum Gasteiger partial charge on any atom is 0.514 e. The van der Waals surface area contributed by atoms with Crippen molar-refractivity contribution in [3.63, 3.8) is 0 Å². The van der Waals surface area contributed by atoms with Crippen LogP contribution in [0.4, 0.5) is 4.79 Å². The highest BCUT2D eigenvalue weighted by Gasteiger charge is 2.18. The number of hydrogen-bond donors (Lipinski definition) is 0. The molecule has 3 nitrogen and oxygen atoms in total. The van der Waals surface area contributed by atoms with Crippen LogP contribution in [-0.2, 0) is 4.74 Å². The van der Waals surface area contributed by atoms with Crippen molar-refractivity contribution in [2.75, 3.05) is 0 Å². The van der Waals surface area contributed by atoms with Crippen molar-refractivity contribution in [3.05, 3.63) is 29.8 Å². The Bertz CT molecular complexity index is 441. The van der Waals surface area contributed by atoms with Crippen LogP contribution in [0, 0.1) is 5.92 Å². The summed E-state index contributed by atoms with van der Waals surface area (Å²) in [5.41, 5.74) is 0.754. The molecule has 0 fully saturated rings. The van der Waals surface area contributed by atoms with Crippen molar-refractivity contribution in [1.82, 2.24) is 0 Å². The van der Waals surface area contributed by atoms with Crippen LogP contribution in [0.2, 0.25) is 0 Å². The van der Waals surface area contributed by atoms with E-state index >= 15 is 0 Å². The molecular formula is C18H28O3. The molecule has 0 saturated heterocycles. The van der Waals surface area contributed by atoms with Crippen LogP contribution in [0.15, 0.2) is 24.3 Å². The van der Waals surface area contributed by atoms with E-state index in [2.05, 4.69) is 20.8 Å². The van der Waals surface area contributed by atoms with Crippen LogP contribution < -0.4 is 4.74 Å². The minimum atomic E-state index is -0.663. The van der Waals surface area contributed by atoms with E-state index in [0.717, 1.165) is 6.42 Å². The van der Waals surface area contributed by atoms with Gasteiger partial charge >= 0.3 is 6.16 Å². The van der Waals surface area contributed by atoms with Gasteiger partial charge in [0.25, 0.3) is 0 Å². The number of rotatable bonds is 5. The van der Waals surface area contributed by atoms with E-state index in [1.165, 1.54) is 12.0 Å². The third-order valence-electron chi connectivity index (χ3n) is 3.19. The number of ether oxygens (including phenoxy) is 2. The molecule has 118 valence electrons. The van der Waals surface area contributed by atoms with E-state index in [9.17, 15) is 4.79 Å². The van der Waals surface area contributed by atoms with Gasteiger partial charge in [0.15, 0.2) is 0 Å². The van der Waals surface area contributed by atoms with E-state index in [1.54, 1.807) is 0 Å². The van der Waals surface area contributed by atoms with Crippen molar-refractivity contribution >= 4 is 6.16 Å². The van der Waals surface area contributed by atoms with Crippen molar-refractivity contribution in [3.8, 4) is 5.75 Å². The molecular weight excluding hydrogens is 264 g/mol. The first kappa shape index (κ1) is 17.5. The molecule has 3 heteroatoms. The first-order valence-electron chi connectivity index (χ1n) is 7.72. The van der Waals surface area contributed by atoms with Crippen molar-refractivity contribution in [1.29, 1.82) is 0 Å². The highest BCUT2D eigenvalue weighted by atomic mass is 16.7. The predicted molar refractivity (Wildman–Crippen MR) is 85.8 cm³/mol. The van der Waals surface area contributed by atoms with Crippen LogP contribution in [0.25, 0.3) is 0 Å². The first-order valence-corrected chi connectivity index (χ1v) is 7.72. The summed E-state index contributed by atoms with van der Waals surface area (Å²) in [6, 6.07) is 7.75. The van der Waals surface area contributed by atoms with Gasteiger partial charge in [-0.25, -0.2) is 4.79 Å². The summed E-state index contributed by atoms with van der Waals surface area (Å²) in [5, 5.41) is 0. The summed E-state index contributed by atoms with van der Waals surface area (Å²) in [7, 11) is 0. The van der Waals surface area contributed by atoms with Crippen LogP contribution in [0.5, 0.6) is 5.75 Å². The van der Waals surface area contributed by atoms with Gasteiger partial charge in [-0.05, 0) is 63.1 Å². The molecule has 0 radical (unpaired) electrons. The fraction of sp³-hybridized carbons (Fsp3) is 0.611. The van der Waals surface area contributed by atoms with Crippen LogP contribution in [-0.4, -0.2) is 11.8 Å². The van der Waals surface area contributed by atoms with Gasteiger partial charge in [0.2, 0.25) is 0 Å². The lowest BCUT2D eigenvalue weighted by molar-refractivity contribution is 0.0206. The third-order valence-corrected chi connectivity index (χ3v) is 3.19. The van der Waals surface area contributed by atoms with Crippen LogP contribution in [0.1, 0.15) is 65.9 Å². The van der Waals surface area contributed by atoms with Gasteiger partial charge in [0, 0.05) is 0 Å². The number of carbonyl (C=O) groups is 1. The van der Waals surface area contributed by atoms with Crippen LogP contribution >= 0.6 is 0 Å². The molecule has 0 heterocycles. The monoisotopic (exact) mass is 292 g/mol. The summed E-state index contributed by atoms with van der Waals surface area (Å²) < 4.78 is 10.3. The SMILES string of the molecule is CCC(CC(C)C)c1ccc(OC(=O)OC(C)(C)C)cc1. The zero-order valence-electron chi connectivity index (χ0n) is 14.1. The molecule has 1 unspecified atom stereocenters. The zero-order chi connectivity index (χ0) is 16.0. The Balaban J connectivity index is 2.67. The Morgan fingerprint density at radius 2 is 1.71 bits per heavy atom. The normalized spacial score (nSPS) is 13.1. The van der Waals surface area contributed by atoms with Gasteiger partial charge < -0.3 is 9.47 Å². The van der Waals surface area contributed by atoms with E-state index < -0.39 is 11.8 Å². The molecule has 0 aliphatic carbocycles. The third kappa shape index (κ3) is 6.65. The average Bonchev–Trinajstić information content (AvgIpc) is 2.34. The highest BCUT2D eigenvalue weighted by Crippen LogP contribution is 2.28. The molecule has 0 aliphatic rings. The maximum absolute atomic E-state index is 11.6. The quantitative estimate of drug-likeness (QED) is 0.528. The minimum Gasteiger partial charge on any atom is -0.428 e. The first-order chi connectivity index (χ1) is 9.71. The Labute approximate surface area is 128 Å². The van der Waals surface area contributed by atoms with E-state index in [4.69, 9.17) is 9.47 Å². The second kappa shape index (κ2) is 7.48. The Hall–Kier alpha value is -1.51. The van der Waals surface area contributed by atoms with Gasteiger partial charge in [-0.3, -0.25) is 0 Å². The van der Waals surface area contributed by atoms with Crippen molar-refractivity contribution in [2.45, 2.75) is 65.9 Å². The maximum atomic E-state index is 11.6. The van der Waals surface area contributed by atoms with Gasteiger partial charge in [0.05, 0.1) is 0 Å². The molecule has 1 rings (SSSR count). The molecule has 1 atom stereocenters. The Morgan fingerprint density at radius 3 is 2.14 bits per heavy atom. The fourth-order valence-electron chi connectivity index (χ4n) is 2.28. The lowest BCUT2D eigenvalue weighted by Gasteiger charge is -2.19. The van der Waals surface area contributed by atoms with Crippen molar-refractivity contribution < 1.29 is 14.3 Å². The molecule has 0 N–H and O–H groups in total. The zero-order valence-corrected chi connectivity index (χ0v) is 14.1. The topological polar surface area (TPSA) is 35.5 Å². The minimum absolute atomic E-state index is 0.521. The molecule has 0 aliphatic heterocycles. The molecule has 1 aromatic carbocycles. The summed E-state index contributed by atoms with van der Waals surface area (Å²) in [6.45, 7) is 12.1. The second-order valence-corrected chi connectivity index (χ2v) is 6.87. The van der Waals surface area contributed by atoms with Gasteiger partial charge in [-0.15, -0.1) is 0 Å². The Kier molecular flexibility index (Phi) is 6.25. The predicted octanol–water partition coefficient (Wildman–Crippen LogP) is 5.54. The Morgan fingerprint density at radius 1 is 1.14 bits per heavy atom. The molecule has 0 spiro atoms. The lowest BCUT2D eigenvalue weighted by Crippen LogP contribution is -2.25. The highest BCUT2D eigenvalue weighted by molar-refractivity contribution is 5.64. The summed E-state index contributed by atoms with van der Waals surface area (Å²) in [5.74, 6) is 1.75. The van der Waals surface area contributed by atoms with E-state index in [1.807, 2.05) is 45.0 Å². The largest absolute Gasteiger partial charge is 0.514 e. The van der Waals surface area contributed by atoms with Crippen molar-refractivity contribution in [2.24, 2.45) is 5.92 Å². The van der Waals surface area contributed by atoms with Gasteiger partial charge in [-0.2, -0.15) is 0 Å². The second-order valence-electron chi connectivity index (χ2n) is 6.87. The molecule has 0 aromatic heterocycles. The van der Waals surface area contributed by atoms with Gasteiger partial charge in [-0.1, -0.05) is 32.9 Å². The lowest BCUT2D eigenvalue weighted by atomic mass is 9.88. The number of carbonyl (C=O) groups excluding carboxylic acids is 1. The fourth-order valence-corrected chi connectivity index (χ4v) is 2.28. The van der Waals surface area contributed by atoms with Gasteiger partial charge in [0.1, 0.15) is 11.4 Å². The summed E-state index contributed by atoms with van der Waals surface area (Å²) in [4.78, 5) is 11.6. The summed E-state index contributed by atoms with van der Waals surface area (Å²) in [6.07, 6.45) is 1.62. The summed E-state index contributed by atoms with van der Waals surface area (Å²) >= 11 is 0. The van der Waals surface area contributed by atoms with Crippen LogP contribution in [0.3, 0.4) is 0 Å². The molecule has 0 bridgehead atoms. The molecule has 21 heavy (non-hydrogen) atoms. The van der Waals surface area contributed by atoms with E-state index in [-0.39, 0.29) is 0 Å². The molecule has 1 aromatic rings. The standard InChI is InChI=1S/C18H28O3/c1-7-14(12-13(2)3)15-8-10-16(11-9-15)20-17(19)21-18(4,5)6/h8-11,13-14H,7,12H2,1-6H3.